The Bertz CT molecular complexity index is 801. The SMILES string of the molecule is CC(C)(C)OC(=O)N1C[C@H](O)[C@@](O)(Cn2cnc3c(N)ncnc32)C1. The zero-order chi connectivity index (χ0) is 18.4. The number of nitrogens with zero attached hydrogens (tertiary/aromatic N) is 5. The Morgan fingerprint density at radius 2 is 2.16 bits per heavy atom. The van der Waals surface area contributed by atoms with Crippen molar-refractivity contribution in [2.45, 2.75) is 44.6 Å². The zero-order valence-electron chi connectivity index (χ0n) is 14.4. The third-order valence-electron chi connectivity index (χ3n) is 4.00. The first-order chi connectivity index (χ1) is 11.6. The Balaban J connectivity index is 1.79. The number of nitrogen functional groups attached to an aromatic ring is 1. The molecule has 1 amide bonds. The lowest BCUT2D eigenvalue weighted by molar-refractivity contribution is -0.0519. The minimum atomic E-state index is -1.55. The lowest BCUT2D eigenvalue weighted by Gasteiger charge is -2.27. The molecule has 3 rings (SSSR count). The number of carbonyl (C=O) groups excluding carboxylic acids is 1. The van der Waals surface area contributed by atoms with Gasteiger partial charge in [-0.05, 0) is 20.8 Å². The van der Waals surface area contributed by atoms with Gasteiger partial charge in [0.2, 0.25) is 0 Å². The lowest BCUT2D eigenvalue weighted by atomic mass is 10.0. The van der Waals surface area contributed by atoms with E-state index in [1.165, 1.54) is 17.6 Å². The first-order valence-corrected chi connectivity index (χ1v) is 7.89. The van der Waals surface area contributed by atoms with E-state index in [1.807, 2.05) is 0 Å². The summed E-state index contributed by atoms with van der Waals surface area (Å²) < 4.78 is 6.87. The molecule has 10 heteroatoms. The Labute approximate surface area is 144 Å². The van der Waals surface area contributed by atoms with Crippen LogP contribution in [0, 0.1) is 0 Å². The van der Waals surface area contributed by atoms with Gasteiger partial charge in [0.1, 0.15) is 29.2 Å². The quantitative estimate of drug-likeness (QED) is 0.674. The Hall–Kier alpha value is -2.46. The molecular formula is C15H22N6O4. The molecule has 3 heterocycles. The molecular weight excluding hydrogens is 328 g/mol. The number of rotatable bonds is 2. The van der Waals surface area contributed by atoms with Gasteiger partial charge in [0, 0.05) is 0 Å². The van der Waals surface area contributed by atoms with E-state index in [0.717, 1.165) is 0 Å². The molecule has 2 aromatic heterocycles. The van der Waals surface area contributed by atoms with Gasteiger partial charge < -0.3 is 30.2 Å². The van der Waals surface area contributed by atoms with Gasteiger partial charge in [-0.3, -0.25) is 0 Å². The molecule has 1 aliphatic heterocycles. The van der Waals surface area contributed by atoms with Gasteiger partial charge in [-0.25, -0.2) is 19.7 Å². The molecule has 2 aromatic rings. The number of ether oxygens (including phenoxy) is 1. The van der Waals surface area contributed by atoms with Gasteiger partial charge in [0.05, 0.1) is 26.0 Å². The summed E-state index contributed by atoms with van der Waals surface area (Å²) in [5.41, 5.74) is 4.41. The third-order valence-corrected chi connectivity index (χ3v) is 4.00. The second-order valence-electron chi connectivity index (χ2n) is 7.28. The summed E-state index contributed by atoms with van der Waals surface area (Å²) >= 11 is 0. The Morgan fingerprint density at radius 1 is 1.44 bits per heavy atom. The fourth-order valence-corrected chi connectivity index (χ4v) is 2.81. The van der Waals surface area contributed by atoms with Crippen molar-refractivity contribution in [1.29, 1.82) is 0 Å². The van der Waals surface area contributed by atoms with E-state index in [2.05, 4.69) is 15.0 Å². The first kappa shape index (κ1) is 17.4. The van der Waals surface area contributed by atoms with Crippen LogP contribution in [0.1, 0.15) is 20.8 Å². The van der Waals surface area contributed by atoms with Crippen molar-refractivity contribution < 1.29 is 19.7 Å². The number of carbonyl (C=O) groups is 1. The van der Waals surface area contributed by atoms with Gasteiger partial charge in [0.25, 0.3) is 0 Å². The average Bonchev–Trinajstić information content (AvgIpc) is 3.01. The van der Waals surface area contributed by atoms with E-state index in [0.29, 0.717) is 11.2 Å². The number of likely N-dealkylation sites (tertiary alicyclic amines) is 1. The van der Waals surface area contributed by atoms with Crippen LogP contribution in [0.3, 0.4) is 0 Å². The lowest BCUT2D eigenvalue weighted by Crippen LogP contribution is -2.46. The maximum Gasteiger partial charge on any atom is 0.410 e. The molecule has 0 aromatic carbocycles. The number of anilines is 1. The summed E-state index contributed by atoms with van der Waals surface area (Å²) in [5, 5.41) is 21.2. The Morgan fingerprint density at radius 3 is 2.84 bits per heavy atom. The molecule has 1 saturated heterocycles. The molecule has 1 aliphatic rings. The van der Waals surface area contributed by atoms with Crippen molar-refractivity contribution in [3.05, 3.63) is 12.7 Å². The van der Waals surface area contributed by atoms with Gasteiger partial charge in [0.15, 0.2) is 11.5 Å². The van der Waals surface area contributed by atoms with Gasteiger partial charge >= 0.3 is 6.09 Å². The van der Waals surface area contributed by atoms with Crippen molar-refractivity contribution in [2.24, 2.45) is 0 Å². The molecule has 10 nitrogen and oxygen atoms in total. The van der Waals surface area contributed by atoms with Crippen LogP contribution < -0.4 is 5.73 Å². The normalized spacial score (nSPS) is 24.0. The highest BCUT2D eigenvalue weighted by molar-refractivity contribution is 5.81. The Kier molecular flexibility index (Phi) is 4.04. The smallest absolute Gasteiger partial charge is 0.410 e. The van der Waals surface area contributed by atoms with Crippen LogP contribution in [-0.2, 0) is 11.3 Å². The summed E-state index contributed by atoms with van der Waals surface area (Å²) in [6, 6.07) is 0. The van der Waals surface area contributed by atoms with E-state index in [1.54, 1.807) is 25.3 Å². The summed E-state index contributed by atoms with van der Waals surface area (Å²) in [6.07, 6.45) is 1.07. The number of β-amino-alcohol motifs (C(OH)–C–C–N with tert-alkyl or cyclic N) is 2. The van der Waals surface area contributed by atoms with Crippen LogP contribution in [0.5, 0.6) is 0 Å². The van der Waals surface area contributed by atoms with Gasteiger partial charge in [-0.1, -0.05) is 0 Å². The number of imidazole rings is 1. The molecule has 25 heavy (non-hydrogen) atoms. The molecule has 0 bridgehead atoms. The van der Waals surface area contributed by atoms with Crippen LogP contribution in [0.25, 0.3) is 11.2 Å². The number of aromatic nitrogens is 4. The van der Waals surface area contributed by atoms with Crippen molar-refractivity contribution in [3.63, 3.8) is 0 Å². The number of nitrogens with two attached hydrogens (primary N) is 1. The topological polar surface area (TPSA) is 140 Å². The zero-order valence-corrected chi connectivity index (χ0v) is 14.4. The molecule has 0 unspecified atom stereocenters. The average molecular weight is 350 g/mol. The number of amides is 1. The van der Waals surface area contributed by atoms with Crippen molar-refractivity contribution in [1.82, 2.24) is 24.4 Å². The predicted molar refractivity (Wildman–Crippen MR) is 88.5 cm³/mol. The van der Waals surface area contributed by atoms with Crippen molar-refractivity contribution in [2.75, 3.05) is 18.8 Å². The van der Waals surface area contributed by atoms with Gasteiger partial charge in [-0.2, -0.15) is 0 Å². The van der Waals surface area contributed by atoms with E-state index < -0.39 is 23.4 Å². The number of hydrogen-bond acceptors (Lipinski definition) is 8. The monoisotopic (exact) mass is 350 g/mol. The largest absolute Gasteiger partial charge is 0.444 e. The molecule has 136 valence electrons. The van der Waals surface area contributed by atoms with Crippen LogP contribution in [0.15, 0.2) is 12.7 Å². The third kappa shape index (κ3) is 3.35. The minimum absolute atomic E-state index is 0.000415. The number of aliphatic hydroxyl groups excluding tert-OH is 1. The maximum atomic E-state index is 12.2. The second-order valence-corrected chi connectivity index (χ2v) is 7.28. The van der Waals surface area contributed by atoms with Crippen molar-refractivity contribution >= 4 is 23.1 Å². The second kappa shape index (κ2) is 5.81. The maximum absolute atomic E-state index is 12.2. The van der Waals surface area contributed by atoms with E-state index in [9.17, 15) is 15.0 Å². The number of fused-ring (bicyclic) bond motifs is 1. The predicted octanol–water partition coefficient (Wildman–Crippen LogP) is -0.249. The molecule has 0 saturated carbocycles. The molecule has 0 spiro atoms. The highest BCUT2D eigenvalue weighted by Gasteiger charge is 2.47. The first-order valence-electron chi connectivity index (χ1n) is 7.89. The minimum Gasteiger partial charge on any atom is -0.444 e. The van der Waals surface area contributed by atoms with Crippen LogP contribution in [0.4, 0.5) is 10.6 Å². The van der Waals surface area contributed by atoms with E-state index in [4.69, 9.17) is 10.5 Å². The number of aliphatic hydroxyl groups is 2. The molecule has 4 N–H and O–H groups in total. The van der Waals surface area contributed by atoms with Crippen LogP contribution >= 0.6 is 0 Å². The van der Waals surface area contributed by atoms with Gasteiger partial charge in [-0.15, -0.1) is 0 Å². The summed E-state index contributed by atoms with van der Waals surface area (Å²) in [5.74, 6) is 0.234. The number of hydrogen-bond donors (Lipinski definition) is 3. The molecule has 0 radical (unpaired) electrons. The fourth-order valence-electron chi connectivity index (χ4n) is 2.81. The molecule has 0 aliphatic carbocycles. The fraction of sp³-hybridized carbons (Fsp3) is 0.600. The van der Waals surface area contributed by atoms with E-state index in [-0.39, 0.29) is 25.5 Å². The summed E-state index contributed by atoms with van der Waals surface area (Å²) in [4.78, 5) is 25.6. The molecule has 2 atom stereocenters. The van der Waals surface area contributed by atoms with Crippen molar-refractivity contribution in [3.8, 4) is 0 Å². The standard InChI is InChI=1S/C15H22N6O4/c1-14(2,3)25-13(23)20-4-9(22)15(24,5-20)6-21-8-19-10-11(16)17-7-18-12(10)21/h7-9,22,24H,4-6H2,1-3H3,(H2,16,17,18)/t9-,15-/m0/s1. The van der Waals surface area contributed by atoms with E-state index >= 15 is 0 Å². The highest BCUT2D eigenvalue weighted by Crippen LogP contribution is 2.27. The highest BCUT2D eigenvalue weighted by atomic mass is 16.6. The van der Waals surface area contributed by atoms with Crippen LogP contribution in [0.2, 0.25) is 0 Å². The summed E-state index contributed by atoms with van der Waals surface area (Å²) in [6.45, 7) is 5.18. The summed E-state index contributed by atoms with van der Waals surface area (Å²) in [7, 11) is 0. The van der Waals surface area contributed by atoms with Crippen LogP contribution in [-0.4, -0.2) is 71.1 Å². The molecule has 1 fully saturated rings.